The summed E-state index contributed by atoms with van der Waals surface area (Å²) in [4.78, 5) is 51.3. The Bertz CT molecular complexity index is 973. The number of hydrogen-bond donors (Lipinski definition) is 0. The van der Waals surface area contributed by atoms with E-state index in [2.05, 4.69) is 0 Å². The van der Waals surface area contributed by atoms with Crippen LogP contribution in [0.3, 0.4) is 0 Å². The maximum Gasteiger partial charge on any atom is 0.348 e. The first-order valence-electron chi connectivity index (χ1n) is 10.9. The minimum atomic E-state index is -1.28. The largest absolute Gasteiger partial charge is 0.419 e. The van der Waals surface area contributed by atoms with Crippen LogP contribution in [-0.2, 0) is 38.1 Å². The van der Waals surface area contributed by atoms with Crippen molar-refractivity contribution in [3.05, 3.63) is 22.3 Å². The first-order valence-corrected chi connectivity index (χ1v) is 10.9. The highest BCUT2D eigenvalue weighted by atomic mass is 16.7. The van der Waals surface area contributed by atoms with Crippen LogP contribution in [0.4, 0.5) is 0 Å². The molecule has 7 rings (SSSR count). The van der Waals surface area contributed by atoms with Gasteiger partial charge in [-0.2, -0.15) is 0 Å². The van der Waals surface area contributed by atoms with E-state index in [0.29, 0.717) is 23.7 Å². The Labute approximate surface area is 177 Å². The molecule has 0 spiro atoms. The topological polar surface area (TPSA) is 105 Å². The number of ether oxygens (including phenoxy) is 4. The van der Waals surface area contributed by atoms with E-state index in [0.717, 1.165) is 17.6 Å². The number of cyclic esters (lactones) is 4. The third-order valence-corrected chi connectivity index (χ3v) is 8.69. The zero-order chi connectivity index (χ0) is 21.8. The van der Waals surface area contributed by atoms with E-state index < -0.39 is 35.5 Å². The molecular weight excluding hydrogens is 404 g/mol. The van der Waals surface area contributed by atoms with Crippen LogP contribution in [0, 0.1) is 47.3 Å². The molecule has 0 amide bonds. The number of allylic oxidation sites excluding steroid dienone is 2. The van der Waals surface area contributed by atoms with Gasteiger partial charge in [0.2, 0.25) is 0 Å². The number of carbonyl (C=O) groups is 4. The molecule has 0 aromatic rings. The molecule has 2 heterocycles. The van der Waals surface area contributed by atoms with Crippen molar-refractivity contribution in [3.8, 4) is 0 Å². The minimum Gasteiger partial charge on any atom is -0.419 e. The Morgan fingerprint density at radius 2 is 0.903 bits per heavy atom. The third kappa shape index (κ3) is 1.86. The molecule has 7 fully saturated rings. The molecule has 0 aromatic carbocycles. The fourth-order valence-corrected chi connectivity index (χ4v) is 8.39. The summed E-state index contributed by atoms with van der Waals surface area (Å²) in [6.45, 7) is 6.15. The van der Waals surface area contributed by atoms with Gasteiger partial charge in [-0.05, 0) is 64.9 Å². The van der Waals surface area contributed by atoms with E-state index >= 15 is 0 Å². The lowest BCUT2D eigenvalue weighted by Crippen LogP contribution is -2.48. The molecule has 0 radical (unpaired) electrons. The van der Waals surface area contributed by atoms with Gasteiger partial charge in [0.05, 0.1) is 0 Å². The van der Waals surface area contributed by atoms with Crippen molar-refractivity contribution < 1.29 is 38.1 Å². The Morgan fingerprint density at radius 3 is 1.23 bits per heavy atom. The Hall–Kier alpha value is -2.64. The van der Waals surface area contributed by atoms with Gasteiger partial charge in [-0.3, -0.25) is 0 Å². The molecule has 8 nitrogen and oxygen atoms in total. The Balaban J connectivity index is 1.38. The van der Waals surface area contributed by atoms with Crippen LogP contribution < -0.4 is 0 Å². The average Bonchev–Trinajstić information content (AvgIpc) is 3.11. The summed E-state index contributed by atoms with van der Waals surface area (Å²) in [5.41, 5.74) is 1.76. The highest BCUT2D eigenvalue weighted by Gasteiger charge is 2.82. The molecule has 2 aliphatic heterocycles. The Morgan fingerprint density at radius 1 is 0.581 bits per heavy atom. The molecule has 2 bridgehead atoms. The van der Waals surface area contributed by atoms with Gasteiger partial charge >= 0.3 is 23.9 Å². The van der Waals surface area contributed by atoms with Gasteiger partial charge in [-0.25, -0.2) is 19.2 Å². The van der Waals surface area contributed by atoms with E-state index in [9.17, 15) is 19.2 Å². The zero-order valence-corrected chi connectivity index (χ0v) is 17.6. The zero-order valence-electron chi connectivity index (χ0n) is 17.6. The first-order chi connectivity index (χ1) is 14.5. The van der Waals surface area contributed by atoms with Crippen molar-refractivity contribution in [1.82, 2.24) is 0 Å². The van der Waals surface area contributed by atoms with Crippen molar-refractivity contribution in [2.75, 3.05) is 0 Å². The molecule has 8 heteroatoms. The predicted octanol–water partition coefficient (Wildman–Crippen LogP) is 1.64. The molecule has 31 heavy (non-hydrogen) atoms. The van der Waals surface area contributed by atoms with Crippen LogP contribution in [0.25, 0.3) is 0 Å². The molecule has 7 aliphatic rings. The summed E-state index contributed by atoms with van der Waals surface area (Å²) >= 11 is 0. The van der Waals surface area contributed by atoms with Gasteiger partial charge in [0.1, 0.15) is 11.1 Å². The second-order valence-electron chi connectivity index (χ2n) is 10.8. The number of carbonyl (C=O) groups excluding carboxylic acids is 4. The summed E-state index contributed by atoms with van der Waals surface area (Å²) in [5.74, 6) is -3.71. The summed E-state index contributed by atoms with van der Waals surface area (Å²) in [6.07, 6.45) is 0.996. The maximum absolute atomic E-state index is 12.8. The van der Waals surface area contributed by atoms with E-state index in [-0.39, 0.29) is 34.8 Å². The quantitative estimate of drug-likeness (QED) is 0.327. The molecule has 0 unspecified atom stereocenters. The van der Waals surface area contributed by atoms with Gasteiger partial charge < -0.3 is 18.9 Å². The van der Waals surface area contributed by atoms with Crippen molar-refractivity contribution >= 4 is 23.9 Å². The summed E-state index contributed by atoms with van der Waals surface area (Å²) in [6, 6.07) is 0. The molecule has 5 saturated carbocycles. The summed E-state index contributed by atoms with van der Waals surface area (Å²) < 4.78 is 21.5. The molecule has 0 N–H and O–H groups in total. The SMILES string of the molecule is CC1(C)OC(=O)C(=C2[C@@H]3[C@@H]4C[C@@H]5[C@@H]3C(=C3C(=O)OC(C)(C)OC3=O)[C@H]3[C@@H]2[C@H]4[C@H]53)C(=O)O1. The van der Waals surface area contributed by atoms with Crippen molar-refractivity contribution in [3.63, 3.8) is 0 Å². The van der Waals surface area contributed by atoms with E-state index in [1.54, 1.807) is 0 Å². The molecular formula is C23H22O8. The lowest BCUT2D eigenvalue weighted by atomic mass is 9.56. The monoisotopic (exact) mass is 426 g/mol. The first kappa shape index (κ1) is 18.0. The van der Waals surface area contributed by atoms with Crippen LogP contribution in [0.5, 0.6) is 0 Å². The molecule has 5 aliphatic carbocycles. The standard InChI is InChI=1S/C23H22O8/c1-22(2)28-18(24)16(19(25)29-22)14-10-6-5-7-9-8(6)12(14)13(9)15(11(7)10)17-20(26)30-23(3,4)31-21(17)27/h6-13H,5H2,1-4H3/t6-,7+,8-,9+,10-,11+,12+,13-. The highest BCUT2D eigenvalue weighted by Crippen LogP contribution is 2.86. The second kappa shape index (κ2) is 4.89. The molecule has 2 saturated heterocycles. The van der Waals surface area contributed by atoms with Crippen molar-refractivity contribution in [1.29, 1.82) is 0 Å². The van der Waals surface area contributed by atoms with Gasteiger partial charge in [-0.15, -0.1) is 0 Å². The number of rotatable bonds is 0. The van der Waals surface area contributed by atoms with Crippen molar-refractivity contribution in [2.24, 2.45) is 47.3 Å². The maximum atomic E-state index is 12.8. The number of fused-ring (bicyclic) bond motifs is 2. The summed E-state index contributed by atoms with van der Waals surface area (Å²) in [7, 11) is 0. The second-order valence-corrected chi connectivity index (χ2v) is 10.8. The molecule has 8 atom stereocenters. The smallest absolute Gasteiger partial charge is 0.348 e. The average molecular weight is 426 g/mol. The van der Waals surface area contributed by atoms with Gasteiger partial charge in [0.25, 0.3) is 11.6 Å². The summed E-state index contributed by atoms with van der Waals surface area (Å²) in [5, 5.41) is 0. The van der Waals surface area contributed by atoms with Crippen LogP contribution in [0.2, 0.25) is 0 Å². The van der Waals surface area contributed by atoms with E-state index in [1.807, 2.05) is 0 Å². The lowest BCUT2D eigenvalue weighted by molar-refractivity contribution is -0.225. The molecule has 162 valence electrons. The van der Waals surface area contributed by atoms with Crippen molar-refractivity contribution in [2.45, 2.75) is 45.7 Å². The van der Waals surface area contributed by atoms with Crippen LogP contribution >= 0.6 is 0 Å². The third-order valence-electron chi connectivity index (χ3n) is 8.69. The normalized spacial score (nSPS) is 46.8. The van der Waals surface area contributed by atoms with Gasteiger partial charge in [0.15, 0.2) is 0 Å². The number of hydrogen-bond acceptors (Lipinski definition) is 8. The lowest BCUT2D eigenvalue weighted by Gasteiger charge is -2.47. The van der Waals surface area contributed by atoms with E-state index in [1.165, 1.54) is 27.7 Å². The van der Waals surface area contributed by atoms with Gasteiger partial charge in [0, 0.05) is 27.7 Å². The predicted molar refractivity (Wildman–Crippen MR) is 99.1 cm³/mol. The van der Waals surface area contributed by atoms with Gasteiger partial charge in [-0.1, -0.05) is 0 Å². The van der Waals surface area contributed by atoms with E-state index in [4.69, 9.17) is 18.9 Å². The number of esters is 4. The Kier molecular flexibility index (Phi) is 2.84. The fraction of sp³-hybridized carbons (Fsp3) is 0.652. The minimum absolute atomic E-state index is 0.0295. The van der Waals surface area contributed by atoms with Crippen LogP contribution in [0.15, 0.2) is 22.3 Å². The van der Waals surface area contributed by atoms with Crippen LogP contribution in [-0.4, -0.2) is 35.5 Å². The molecule has 0 aromatic heterocycles. The highest BCUT2D eigenvalue weighted by molar-refractivity contribution is 6.17. The fourth-order valence-electron chi connectivity index (χ4n) is 8.39. The van der Waals surface area contributed by atoms with Crippen LogP contribution in [0.1, 0.15) is 34.1 Å².